The quantitative estimate of drug-likeness (QED) is 0.806. The van der Waals surface area contributed by atoms with E-state index in [4.69, 9.17) is 5.26 Å². The maximum Gasteiger partial charge on any atom is 0.0950 e. The van der Waals surface area contributed by atoms with E-state index in [1.54, 1.807) is 0 Å². The summed E-state index contributed by atoms with van der Waals surface area (Å²) in [6.45, 7) is 8.97. The summed E-state index contributed by atoms with van der Waals surface area (Å²) in [5.41, 5.74) is 2.42. The molecule has 1 aromatic rings. The van der Waals surface area contributed by atoms with Crippen LogP contribution in [0.4, 0.5) is 0 Å². The first-order chi connectivity index (χ1) is 8.70. The first-order valence-corrected chi connectivity index (χ1v) is 6.47. The maximum absolute atomic E-state index is 8.91. The van der Waals surface area contributed by atoms with Gasteiger partial charge in [0.2, 0.25) is 0 Å². The van der Waals surface area contributed by atoms with E-state index < -0.39 is 0 Å². The first-order valence-electron chi connectivity index (χ1n) is 6.47. The molecule has 1 aliphatic rings. The minimum atomic E-state index is 0.0312. The molecule has 18 heavy (non-hydrogen) atoms. The highest BCUT2D eigenvalue weighted by Gasteiger charge is 2.21. The number of piperazine rings is 1. The highest BCUT2D eigenvalue weighted by Crippen LogP contribution is 2.11. The molecular weight excluding hydrogens is 224 g/mol. The fourth-order valence-corrected chi connectivity index (χ4v) is 2.29. The Hall–Kier alpha value is -1.44. The summed E-state index contributed by atoms with van der Waals surface area (Å²) in [6.07, 6.45) is 1.86. The lowest BCUT2D eigenvalue weighted by Crippen LogP contribution is -2.48. The van der Waals surface area contributed by atoms with Gasteiger partial charge in [0.15, 0.2) is 0 Å². The highest BCUT2D eigenvalue weighted by atomic mass is 15.3. The van der Waals surface area contributed by atoms with Crippen molar-refractivity contribution in [1.29, 1.82) is 5.26 Å². The monoisotopic (exact) mass is 244 g/mol. The third-order valence-corrected chi connectivity index (χ3v) is 3.63. The second-order valence-electron chi connectivity index (χ2n) is 4.88. The number of hydrogen-bond acceptors (Lipinski definition) is 4. The van der Waals surface area contributed by atoms with Crippen LogP contribution < -0.4 is 0 Å². The van der Waals surface area contributed by atoms with Crippen LogP contribution in [0.25, 0.3) is 0 Å². The third kappa shape index (κ3) is 3.06. The Morgan fingerprint density at radius 1 is 1.39 bits per heavy atom. The minimum absolute atomic E-state index is 0.0312. The van der Waals surface area contributed by atoms with Gasteiger partial charge in [-0.15, -0.1) is 0 Å². The number of pyridine rings is 1. The molecule has 2 heterocycles. The number of rotatable bonds is 3. The van der Waals surface area contributed by atoms with Crippen molar-refractivity contribution in [2.24, 2.45) is 0 Å². The molecule has 0 bridgehead atoms. The molecule has 0 aliphatic carbocycles. The fourth-order valence-electron chi connectivity index (χ4n) is 2.29. The standard InChI is InChI=1S/C14H20N4/c1-12-4-3-5-16-14(12)11-17-6-8-18(9-7-17)13(2)10-15/h3-5,13H,6-9,11H2,1-2H3. The number of aromatic nitrogens is 1. The zero-order valence-corrected chi connectivity index (χ0v) is 11.1. The molecule has 1 atom stereocenters. The Balaban J connectivity index is 1.88. The Morgan fingerprint density at radius 3 is 2.72 bits per heavy atom. The molecule has 1 unspecified atom stereocenters. The maximum atomic E-state index is 8.91. The summed E-state index contributed by atoms with van der Waals surface area (Å²) < 4.78 is 0. The van der Waals surface area contributed by atoms with Crippen LogP contribution in [0.3, 0.4) is 0 Å². The molecule has 96 valence electrons. The molecule has 4 heteroatoms. The molecule has 0 aromatic carbocycles. The van der Waals surface area contributed by atoms with Gasteiger partial charge in [-0.2, -0.15) is 5.26 Å². The van der Waals surface area contributed by atoms with Crippen molar-refractivity contribution in [3.8, 4) is 6.07 Å². The lowest BCUT2D eigenvalue weighted by Gasteiger charge is -2.35. The van der Waals surface area contributed by atoms with Crippen LogP contribution in [0.5, 0.6) is 0 Å². The van der Waals surface area contributed by atoms with E-state index in [9.17, 15) is 0 Å². The van der Waals surface area contributed by atoms with Gasteiger partial charge in [0.25, 0.3) is 0 Å². The van der Waals surface area contributed by atoms with Crippen molar-refractivity contribution in [3.63, 3.8) is 0 Å². The van der Waals surface area contributed by atoms with Gasteiger partial charge in [0.1, 0.15) is 0 Å². The smallest absolute Gasteiger partial charge is 0.0950 e. The number of hydrogen-bond donors (Lipinski definition) is 0. The zero-order valence-electron chi connectivity index (χ0n) is 11.1. The Bertz CT molecular complexity index is 430. The van der Waals surface area contributed by atoms with Crippen LogP contribution in [0.2, 0.25) is 0 Å². The van der Waals surface area contributed by atoms with E-state index in [0.717, 1.165) is 32.7 Å². The van der Waals surface area contributed by atoms with Gasteiger partial charge in [-0.3, -0.25) is 14.8 Å². The van der Waals surface area contributed by atoms with Gasteiger partial charge in [0, 0.05) is 38.9 Å². The number of aryl methyl sites for hydroxylation is 1. The second-order valence-corrected chi connectivity index (χ2v) is 4.88. The van der Waals surface area contributed by atoms with Crippen molar-refractivity contribution < 1.29 is 0 Å². The average Bonchev–Trinajstić information content (AvgIpc) is 2.41. The summed E-state index contributed by atoms with van der Waals surface area (Å²) in [7, 11) is 0. The predicted molar refractivity (Wildman–Crippen MR) is 70.9 cm³/mol. The molecule has 1 fully saturated rings. The molecular formula is C14H20N4. The van der Waals surface area contributed by atoms with Gasteiger partial charge in [-0.1, -0.05) is 6.07 Å². The number of nitriles is 1. The van der Waals surface area contributed by atoms with Crippen molar-refractivity contribution in [1.82, 2.24) is 14.8 Å². The van der Waals surface area contributed by atoms with Crippen LogP contribution in [0.1, 0.15) is 18.2 Å². The van der Waals surface area contributed by atoms with Crippen LogP contribution in [0, 0.1) is 18.3 Å². The predicted octanol–water partition coefficient (Wildman–Crippen LogP) is 1.42. The van der Waals surface area contributed by atoms with Crippen molar-refractivity contribution >= 4 is 0 Å². The zero-order chi connectivity index (χ0) is 13.0. The third-order valence-electron chi connectivity index (χ3n) is 3.63. The van der Waals surface area contributed by atoms with E-state index in [-0.39, 0.29) is 6.04 Å². The average molecular weight is 244 g/mol. The van der Waals surface area contributed by atoms with Crippen molar-refractivity contribution in [2.45, 2.75) is 26.4 Å². The molecule has 2 rings (SSSR count). The minimum Gasteiger partial charge on any atom is -0.295 e. The Labute approximate surface area is 109 Å². The fraction of sp³-hybridized carbons (Fsp3) is 0.571. The van der Waals surface area contributed by atoms with E-state index in [1.165, 1.54) is 11.3 Å². The van der Waals surface area contributed by atoms with Gasteiger partial charge in [-0.25, -0.2) is 0 Å². The van der Waals surface area contributed by atoms with Gasteiger partial charge < -0.3 is 0 Å². The molecule has 0 saturated carbocycles. The SMILES string of the molecule is Cc1cccnc1CN1CCN(C(C)C#N)CC1. The number of nitrogens with zero attached hydrogens (tertiary/aromatic N) is 4. The van der Waals surface area contributed by atoms with Crippen molar-refractivity contribution in [3.05, 3.63) is 29.6 Å². The molecule has 1 aromatic heterocycles. The van der Waals surface area contributed by atoms with E-state index in [0.29, 0.717) is 0 Å². The summed E-state index contributed by atoms with van der Waals surface area (Å²) in [5.74, 6) is 0. The van der Waals surface area contributed by atoms with E-state index in [2.05, 4.69) is 33.8 Å². The summed E-state index contributed by atoms with van der Waals surface area (Å²) >= 11 is 0. The van der Waals surface area contributed by atoms with Crippen LogP contribution in [-0.2, 0) is 6.54 Å². The Kier molecular flexibility index (Phi) is 4.29. The highest BCUT2D eigenvalue weighted by molar-refractivity contribution is 5.17. The van der Waals surface area contributed by atoms with Gasteiger partial charge in [0.05, 0.1) is 17.8 Å². The largest absolute Gasteiger partial charge is 0.295 e. The topological polar surface area (TPSA) is 43.2 Å². The summed E-state index contributed by atoms with van der Waals surface area (Å²) in [5, 5.41) is 8.91. The molecule has 0 radical (unpaired) electrons. The van der Waals surface area contributed by atoms with E-state index in [1.807, 2.05) is 19.2 Å². The lowest BCUT2D eigenvalue weighted by atomic mass is 10.2. The van der Waals surface area contributed by atoms with Crippen molar-refractivity contribution in [2.75, 3.05) is 26.2 Å². The Morgan fingerprint density at radius 2 is 2.11 bits per heavy atom. The molecule has 0 N–H and O–H groups in total. The molecule has 0 amide bonds. The molecule has 1 saturated heterocycles. The molecule has 4 nitrogen and oxygen atoms in total. The van der Waals surface area contributed by atoms with E-state index >= 15 is 0 Å². The summed E-state index contributed by atoms with van der Waals surface area (Å²) in [6, 6.07) is 6.42. The van der Waals surface area contributed by atoms with Crippen LogP contribution in [0.15, 0.2) is 18.3 Å². The van der Waals surface area contributed by atoms with Crippen LogP contribution >= 0.6 is 0 Å². The van der Waals surface area contributed by atoms with Gasteiger partial charge >= 0.3 is 0 Å². The van der Waals surface area contributed by atoms with Crippen LogP contribution in [-0.4, -0.2) is 47.0 Å². The summed E-state index contributed by atoms with van der Waals surface area (Å²) in [4.78, 5) is 9.09. The first kappa shape index (κ1) is 13.0. The lowest BCUT2D eigenvalue weighted by molar-refractivity contribution is 0.113. The van der Waals surface area contributed by atoms with Gasteiger partial charge in [-0.05, 0) is 25.5 Å². The normalized spacial score (nSPS) is 19.4. The molecule has 1 aliphatic heterocycles. The molecule has 0 spiro atoms. The second kappa shape index (κ2) is 5.94.